The van der Waals surface area contributed by atoms with Gasteiger partial charge in [0.2, 0.25) is 5.91 Å². The minimum absolute atomic E-state index is 0.137. The van der Waals surface area contributed by atoms with Crippen molar-refractivity contribution in [3.05, 3.63) is 76.2 Å². The standard InChI is InChI=1S/C24H26FN5O4Si/c1-30-19-7-5-14(9-15(19)13-26-30)23(28-21(31)11-17-12-22(32)29-34-17)24(33)27-16-6-8-20(18(25)10-16)35(2,3)4/h5-10,12-13,23H,11H2,1-4H3,(H,27,33)(H,28,31)(H,29,32). The minimum Gasteiger partial charge on any atom is -0.383 e. The quantitative estimate of drug-likeness (QED) is 0.340. The molecule has 0 spiro atoms. The number of carbonyl (C=O) groups excluding carboxylic acids is 2. The minimum atomic E-state index is -1.88. The maximum Gasteiger partial charge on any atom is 0.280 e. The summed E-state index contributed by atoms with van der Waals surface area (Å²) in [4.78, 5) is 37.3. The van der Waals surface area contributed by atoms with Gasteiger partial charge in [0.15, 0.2) is 0 Å². The molecule has 0 radical (unpaired) electrons. The lowest BCUT2D eigenvalue weighted by molar-refractivity contribution is -0.126. The summed E-state index contributed by atoms with van der Waals surface area (Å²) in [6.45, 7) is 6.11. The molecule has 4 aromatic rings. The Labute approximate surface area is 201 Å². The number of carbonyl (C=O) groups is 2. The highest BCUT2D eigenvalue weighted by molar-refractivity contribution is 6.88. The fourth-order valence-electron chi connectivity index (χ4n) is 3.86. The third-order valence-corrected chi connectivity index (χ3v) is 7.65. The van der Waals surface area contributed by atoms with E-state index in [2.05, 4.69) is 20.9 Å². The molecule has 0 bridgehead atoms. The smallest absolute Gasteiger partial charge is 0.280 e. The number of anilines is 1. The molecule has 0 aliphatic rings. The van der Waals surface area contributed by atoms with Gasteiger partial charge in [0.25, 0.3) is 11.5 Å². The van der Waals surface area contributed by atoms with Gasteiger partial charge in [-0.3, -0.25) is 19.1 Å². The molecule has 9 nitrogen and oxygen atoms in total. The van der Waals surface area contributed by atoms with E-state index in [1.807, 2.05) is 19.6 Å². The molecule has 182 valence electrons. The number of hydrogen-bond donors (Lipinski definition) is 3. The van der Waals surface area contributed by atoms with Crippen LogP contribution in [0.4, 0.5) is 10.1 Å². The van der Waals surface area contributed by atoms with Gasteiger partial charge in [-0.2, -0.15) is 10.3 Å². The molecular weight excluding hydrogens is 469 g/mol. The number of nitrogens with one attached hydrogen (secondary N) is 3. The van der Waals surface area contributed by atoms with Crippen molar-refractivity contribution in [2.75, 3.05) is 5.32 Å². The summed E-state index contributed by atoms with van der Waals surface area (Å²) >= 11 is 0. The molecule has 2 aromatic heterocycles. The molecule has 11 heteroatoms. The Kier molecular flexibility index (Phi) is 6.44. The summed E-state index contributed by atoms with van der Waals surface area (Å²) < 4.78 is 21.4. The molecule has 4 rings (SSSR count). The SMILES string of the molecule is Cn1ncc2cc(C(NC(=O)Cc3cc(=O)[nH]o3)C(=O)Nc3ccc([Si](C)(C)C)c(F)c3)ccc21. The number of H-pyrrole nitrogens is 1. The van der Waals surface area contributed by atoms with Gasteiger partial charge < -0.3 is 15.2 Å². The first-order valence-corrected chi connectivity index (χ1v) is 14.5. The van der Waals surface area contributed by atoms with E-state index in [0.29, 0.717) is 10.8 Å². The first-order valence-electron chi connectivity index (χ1n) is 11.0. The van der Waals surface area contributed by atoms with E-state index in [1.54, 1.807) is 48.3 Å². The lowest BCUT2D eigenvalue weighted by Gasteiger charge is -2.21. The number of aryl methyl sites for hydroxylation is 1. The fraction of sp³-hybridized carbons (Fsp3) is 0.250. The van der Waals surface area contributed by atoms with Crippen LogP contribution in [0.5, 0.6) is 0 Å². The number of aromatic amines is 1. The van der Waals surface area contributed by atoms with Crippen LogP contribution in [0.3, 0.4) is 0 Å². The van der Waals surface area contributed by atoms with Crippen LogP contribution in [0.2, 0.25) is 19.6 Å². The van der Waals surface area contributed by atoms with E-state index in [4.69, 9.17) is 4.52 Å². The summed E-state index contributed by atoms with van der Waals surface area (Å²) in [5.74, 6) is -1.31. The Morgan fingerprint density at radius 2 is 1.94 bits per heavy atom. The van der Waals surface area contributed by atoms with Gasteiger partial charge in [-0.1, -0.05) is 31.8 Å². The van der Waals surface area contributed by atoms with Crippen LogP contribution in [0.1, 0.15) is 17.4 Å². The maximum atomic E-state index is 14.7. The third-order valence-electron chi connectivity index (χ3n) is 5.63. The second-order valence-electron chi connectivity index (χ2n) is 9.38. The van der Waals surface area contributed by atoms with Crippen molar-refractivity contribution in [3.8, 4) is 0 Å². The van der Waals surface area contributed by atoms with E-state index >= 15 is 0 Å². The fourth-order valence-corrected chi connectivity index (χ4v) is 5.23. The van der Waals surface area contributed by atoms with Crippen molar-refractivity contribution in [1.29, 1.82) is 0 Å². The van der Waals surface area contributed by atoms with Crippen molar-refractivity contribution in [2.45, 2.75) is 32.1 Å². The summed E-state index contributed by atoms with van der Waals surface area (Å²) in [5.41, 5.74) is 1.20. The van der Waals surface area contributed by atoms with E-state index in [0.717, 1.165) is 10.9 Å². The predicted octanol–water partition coefficient (Wildman–Crippen LogP) is 2.58. The first-order chi connectivity index (χ1) is 16.5. The summed E-state index contributed by atoms with van der Waals surface area (Å²) in [7, 11) is -0.0800. The monoisotopic (exact) mass is 495 g/mol. The molecule has 0 aliphatic heterocycles. The lowest BCUT2D eigenvalue weighted by atomic mass is 10.0. The highest BCUT2D eigenvalue weighted by Gasteiger charge is 2.26. The molecule has 0 fully saturated rings. The highest BCUT2D eigenvalue weighted by atomic mass is 28.3. The largest absolute Gasteiger partial charge is 0.383 e. The predicted molar refractivity (Wildman–Crippen MR) is 133 cm³/mol. The zero-order chi connectivity index (χ0) is 25.3. The van der Waals surface area contributed by atoms with Gasteiger partial charge in [0.05, 0.1) is 26.2 Å². The Hall–Kier alpha value is -3.99. The number of aromatic nitrogens is 3. The second kappa shape index (κ2) is 9.33. The van der Waals surface area contributed by atoms with Crippen molar-refractivity contribution >= 4 is 41.7 Å². The van der Waals surface area contributed by atoms with Gasteiger partial charge in [0.1, 0.15) is 17.6 Å². The zero-order valence-corrected chi connectivity index (χ0v) is 20.8. The van der Waals surface area contributed by atoms with Crippen LogP contribution in [0.15, 0.2) is 58.0 Å². The number of fused-ring (bicyclic) bond motifs is 1. The number of amides is 2. The molecule has 2 heterocycles. The van der Waals surface area contributed by atoms with E-state index in [-0.39, 0.29) is 23.7 Å². The Bertz CT molecular complexity index is 1470. The third kappa shape index (κ3) is 5.40. The van der Waals surface area contributed by atoms with Crippen LogP contribution >= 0.6 is 0 Å². The number of halogens is 1. The van der Waals surface area contributed by atoms with Crippen LogP contribution < -0.4 is 21.4 Å². The molecular formula is C24H26FN5O4Si. The van der Waals surface area contributed by atoms with Gasteiger partial charge in [-0.15, -0.1) is 0 Å². The first kappa shape index (κ1) is 24.1. The maximum absolute atomic E-state index is 14.7. The van der Waals surface area contributed by atoms with Gasteiger partial charge in [-0.25, -0.2) is 4.39 Å². The summed E-state index contributed by atoms with van der Waals surface area (Å²) in [6, 6.07) is 10.0. The van der Waals surface area contributed by atoms with E-state index in [9.17, 15) is 18.8 Å². The average Bonchev–Trinajstić information content (AvgIpc) is 3.35. The Balaban J connectivity index is 1.62. The van der Waals surface area contributed by atoms with Gasteiger partial charge in [0, 0.05) is 24.2 Å². The van der Waals surface area contributed by atoms with Crippen molar-refractivity contribution < 1.29 is 18.5 Å². The Morgan fingerprint density at radius 3 is 2.60 bits per heavy atom. The van der Waals surface area contributed by atoms with Gasteiger partial charge in [-0.05, 0) is 35.0 Å². The molecule has 3 N–H and O–H groups in total. The molecule has 0 aliphatic carbocycles. The topological polar surface area (TPSA) is 122 Å². The van der Waals surface area contributed by atoms with Gasteiger partial charge >= 0.3 is 0 Å². The molecule has 0 saturated carbocycles. The lowest BCUT2D eigenvalue weighted by Crippen LogP contribution is -2.40. The molecule has 1 unspecified atom stereocenters. The molecule has 2 amide bonds. The molecule has 0 saturated heterocycles. The van der Waals surface area contributed by atoms with Crippen LogP contribution in [-0.4, -0.2) is 34.8 Å². The Morgan fingerprint density at radius 1 is 1.17 bits per heavy atom. The van der Waals surface area contributed by atoms with Crippen molar-refractivity contribution in [1.82, 2.24) is 20.3 Å². The van der Waals surface area contributed by atoms with E-state index in [1.165, 1.54) is 12.1 Å². The number of rotatable bonds is 7. The van der Waals surface area contributed by atoms with Crippen molar-refractivity contribution in [3.63, 3.8) is 0 Å². The van der Waals surface area contributed by atoms with Crippen LogP contribution in [0.25, 0.3) is 10.9 Å². The molecule has 2 aromatic carbocycles. The number of nitrogens with zero attached hydrogens (tertiary/aromatic N) is 2. The molecule has 35 heavy (non-hydrogen) atoms. The average molecular weight is 496 g/mol. The number of hydrogen-bond acceptors (Lipinski definition) is 5. The normalized spacial score (nSPS) is 12.5. The van der Waals surface area contributed by atoms with E-state index < -0.39 is 31.5 Å². The number of benzene rings is 2. The molecule has 1 atom stereocenters. The summed E-state index contributed by atoms with van der Waals surface area (Å²) in [6.07, 6.45) is 1.42. The van der Waals surface area contributed by atoms with Crippen LogP contribution in [-0.2, 0) is 23.1 Å². The zero-order valence-electron chi connectivity index (χ0n) is 19.8. The van der Waals surface area contributed by atoms with Crippen molar-refractivity contribution in [2.24, 2.45) is 7.05 Å². The highest BCUT2D eigenvalue weighted by Crippen LogP contribution is 2.22. The van der Waals surface area contributed by atoms with Crippen LogP contribution in [0, 0.1) is 5.82 Å². The second-order valence-corrected chi connectivity index (χ2v) is 14.4. The summed E-state index contributed by atoms with van der Waals surface area (Å²) in [5, 5.41) is 13.2.